The van der Waals surface area contributed by atoms with Crippen LogP contribution in [-0.2, 0) is 25.8 Å². The van der Waals surface area contributed by atoms with Gasteiger partial charge in [0.15, 0.2) is 11.5 Å². The van der Waals surface area contributed by atoms with Gasteiger partial charge in [0.05, 0.1) is 31.7 Å². The van der Waals surface area contributed by atoms with Crippen LogP contribution in [-0.4, -0.2) is 46.8 Å². The summed E-state index contributed by atoms with van der Waals surface area (Å²) in [5.74, 6) is 0.329. The maximum atomic E-state index is 10.8. The molecule has 11 heteroatoms. The summed E-state index contributed by atoms with van der Waals surface area (Å²) in [6.07, 6.45) is 4.12. The Bertz CT molecular complexity index is 776. The second-order valence-corrected chi connectivity index (χ2v) is 6.28. The van der Waals surface area contributed by atoms with E-state index in [9.17, 15) is 8.42 Å². The Kier molecular flexibility index (Phi) is 3.95. The average molecular weight is 328 g/mol. The number of nitrogens with two attached hydrogens (primary N) is 2. The predicted molar refractivity (Wildman–Crippen MR) is 76.7 cm³/mol. The van der Waals surface area contributed by atoms with E-state index in [1.54, 1.807) is 6.33 Å². The minimum absolute atomic E-state index is 0.0743. The van der Waals surface area contributed by atoms with Gasteiger partial charge in [-0.1, -0.05) is 0 Å². The molecule has 3 rings (SSSR count). The van der Waals surface area contributed by atoms with Crippen molar-refractivity contribution in [1.29, 1.82) is 0 Å². The van der Waals surface area contributed by atoms with E-state index < -0.39 is 10.3 Å². The molecule has 22 heavy (non-hydrogen) atoms. The van der Waals surface area contributed by atoms with Gasteiger partial charge in [0.2, 0.25) is 0 Å². The van der Waals surface area contributed by atoms with Crippen molar-refractivity contribution in [2.45, 2.75) is 31.6 Å². The van der Waals surface area contributed by atoms with Crippen molar-refractivity contribution in [3.63, 3.8) is 0 Å². The third-order valence-corrected chi connectivity index (χ3v) is 3.91. The number of nitrogen functional groups attached to an aromatic ring is 1. The molecule has 0 bridgehead atoms. The summed E-state index contributed by atoms with van der Waals surface area (Å²) in [7, 11) is -3.94. The topological polar surface area (TPSA) is 148 Å². The van der Waals surface area contributed by atoms with Gasteiger partial charge in [0, 0.05) is 0 Å². The highest BCUT2D eigenvalue weighted by Gasteiger charge is 2.27. The maximum absolute atomic E-state index is 10.8. The molecule has 1 saturated heterocycles. The maximum Gasteiger partial charge on any atom is 0.333 e. The van der Waals surface area contributed by atoms with Crippen LogP contribution in [0.25, 0.3) is 11.2 Å². The number of fused-ring (bicyclic) bond motifs is 1. The van der Waals surface area contributed by atoms with Gasteiger partial charge in [-0.25, -0.2) is 20.1 Å². The number of rotatable bonds is 5. The van der Waals surface area contributed by atoms with Gasteiger partial charge < -0.3 is 15.0 Å². The normalized spacial score (nSPS) is 22.4. The third kappa shape index (κ3) is 3.32. The lowest BCUT2D eigenvalue weighted by atomic mass is 10.2. The van der Waals surface area contributed by atoms with Crippen molar-refractivity contribution in [3.8, 4) is 0 Å². The third-order valence-electron chi connectivity index (χ3n) is 3.44. The molecule has 2 aromatic heterocycles. The van der Waals surface area contributed by atoms with Crippen LogP contribution in [0.4, 0.5) is 5.82 Å². The van der Waals surface area contributed by atoms with Gasteiger partial charge in [-0.2, -0.15) is 8.42 Å². The summed E-state index contributed by atoms with van der Waals surface area (Å²) in [6, 6.07) is 0. The van der Waals surface area contributed by atoms with E-state index >= 15 is 0 Å². The molecule has 0 saturated carbocycles. The standard InChI is InChI=1S/C11H16N6O4S/c12-10-9-11(15-5-14-10)17(6-16-9)3-7-1-2-8(21-7)4-20-22(13,18)19/h5-8H,1-4H2,(H2,12,14,15)(H2,13,18,19)/t7-,8+/m1/s1. The molecule has 0 radical (unpaired) electrons. The lowest BCUT2D eigenvalue weighted by Gasteiger charge is -2.14. The van der Waals surface area contributed by atoms with Crippen molar-refractivity contribution in [2.75, 3.05) is 12.3 Å². The first-order valence-electron chi connectivity index (χ1n) is 6.66. The summed E-state index contributed by atoms with van der Waals surface area (Å²) in [4.78, 5) is 12.2. The summed E-state index contributed by atoms with van der Waals surface area (Å²) in [6.45, 7) is 0.466. The largest absolute Gasteiger partial charge is 0.382 e. The lowest BCUT2D eigenvalue weighted by molar-refractivity contribution is 0.0124. The van der Waals surface area contributed by atoms with Gasteiger partial charge in [-0.3, -0.25) is 4.18 Å². The summed E-state index contributed by atoms with van der Waals surface area (Å²) < 4.78 is 33.7. The Morgan fingerprint density at radius 1 is 1.32 bits per heavy atom. The molecule has 0 amide bonds. The molecule has 4 N–H and O–H groups in total. The van der Waals surface area contributed by atoms with Crippen LogP contribution >= 0.6 is 0 Å². The van der Waals surface area contributed by atoms with Crippen molar-refractivity contribution in [2.24, 2.45) is 5.14 Å². The fourth-order valence-electron chi connectivity index (χ4n) is 2.46. The Balaban J connectivity index is 1.63. The van der Waals surface area contributed by atoms with Crippen molar-refractivity contribution in [1.82, 2.24) is 19.5 Å². The quantitative estimate of drug-likeness (QED) is 0.723. The van der Waals surface area contributed by atoms with Crippen LogP contribution in [0.3, 0.4) is 0 Å². The highest BCUT2D eigenvalue weighted by Crippen LogP contribution is 2.23. The fourth-order valence-corrected chi connectivity index (χ4v) is 2.80. The zero-order valence-electron chi connectivity index (χ0n) is 11.6. The van der Waals surface area contributed by atoms with E-state index in [2.05, 4.69) is 19.1 Å². The van der Waals surface area contributed by atoms with E-state index in [1.807, 2.05) is 4.57 Å². The fraction of sp³-hybridized carbons (Fsp3) is 0.545. The molecule has 0 unspecified atom stereocenters. The van der Waals surface area contributed by atoms with Gasteiger partial charge in [-0.05, 0) is 12.8 Å². The smallest absolute Gasteiger partial charge is 0.333 e. The summed E-state index contributed by atoms with van der Waals surface area (Å²) in [5.41, 5.74) is 6.93. The SMILES string of the molecule is Nc1ncnc2c1ncn2C[C@H]1CC[C@@H](COS(N)(=O)=O)O1. The molecule has 0 aliphatic carbocycles. The zero-order valence-corrected chi connectivity index (χ0v) is 12.4. The lowest BCUT2D eigenvalue weighted by Crippen LogP contribution is -2.24. The van der Waals surface area contributed by atoms with Crippen molar-refractivity contribution in [3.05, 3.63) is 12.7 Å². The highest BCUT2D eigenvalue weighted by molar-refractivity contribution is 7.84. The number of ether oxygens (including phenoxy) is 1. The molecule has 0 spiro atoms. The van der Waals surface area contributed by atoms with Crippen LogP contribution in [0.1, 0.15) is 12.8 Å². The molecule has 120 valence electrons. The minimum atomic E-state index is -3.94. The first-order valence-corrected chi connectivity index (χ1v) is 8.13. The number of anilines is 1. The molecule has 0 aromatic carbocycles. The number of aromatic nitrogens is 4. The molecular formula is C11H16N6O4S. The number of imidazole rings is 1. The van der Waals surface area contributed by atoms with Crippen molar-refractivity contribution < 1.29 is 17.3 Å². The second kappa shape index (κ2) is 5.76. The van der Waals surface area contributed by atoms with Crippen LogP contribution in [0, 0.1) is 0 Å². The summed E-state index contributed by atoms with van der Waals surface area (Å²) in [5, 5.41) is 4.79. The van der Waals surface area contributed by atoms with E-state index in [1.165, 1.54) is 6.33 Å². The monoisotopic (exact) mass is 328 g/mol. The van der Waals surface area contributed by atoms with E-state index in [0.29, 0.717) is 29.9 Å². The Morgan fingerprint density at radius 2 is 2.09 bits per heavy atom. The summed E-state index contributed by atoms with van der Waals surface area (Å²) >= 11 is 0. The number of nitrogens with zero attached hydrogens (tertiary/aromatic N) is 4. The number of hydrogen-bond acceptors (Lipinski definition) is 8. The van der Waals surface area contributed by atoms with E-state index in [-0.39, 0.29) is 18.8 Å². The van der Waals surface area contributed by atoms with Gasteiger partial charge in [-0.15, -0.1) is 0 Å². The molecule has 3 heterocycles. The molecule has 1 aliphatic heterocycles. The Morgan fingerprint density at radius 3 is 2.86 bits per heavy atom. The van der Waals surface area contributed by atoms with Gasteiger partial charge in [0.25, 0.3) is 0 Å². The first kappa shape index (κ1) is 15.1. The van der Waals surface area contributed by atoms with Crippen molar-refractivity contribution >= 4 is 27.3 Å². The van der Waals surface area contributed by atoms with Crippen LogP contribution in [0.15, 0.2) is 12.7 Å². The van der Waals surface area contributed by atoms with Crippen LogP contribution < -0.4 is 10.9 Å². The molecular weight excluding hydrogens is 312 g/mol. The van der Waals surface area contributed by atoms with Gasteiger partial charge >= 0.3 is 10.3 Å². The second-order valence-electron chi connectivity index (χ2n) is 5.06. The average Bonchev–Trinajstić information content (AvgIpc) is 3.05. The minimum Gasteiger partial charge on any atom is -0.382 e. The molecule has 1 aliphatic rings. The van der Waals surface area contributed by atoms with Gasteiger partial charge in [0.1, 0.15) is 11.8 Å². The predicted octanol–water partition coefficient (Wildman–Crippen LogP) is -0.824. The molecule has 2 atom stereocenters. The first-order chi connectivity index (χ1) is 10.4. The molecule has 10 nitrogen and oxygen atoms in total. The Hall–Kier alpha value is -1.82. The number of hydrogen-bond donors (Lipinski definition) is 2. The molecule has 1 fully saturated rings. The van der Waals surface area contributed by atoms with Crippen LogP contribution in [0.5, 0.6) is 0 Å². The Labute approximate surface area is 126 Å². The molecule has 2 aromatic rings. The zero-order chi connectivity index (χ0) is 15.7. The van der Waals surface area contributed by atoms with E-state index in [4.69, 9.17) is 15.6 Å². The highest BCUT2D eigenvalue weighted by atomic mass is 32.2. The van der Waals surface area contributed by atoms with E-state index in [0.717, 1.165) is 6.42 Å². The van der Waals surface area contributed by atoms with Crippen LogP contribution in [0.2, 0.25) is 0 Å².